The lowest BCUT2D eigenvalue weighted by Crippen LogP contribution is -2.26. The summed E-state index contributed by atoms with van der Waals surface area (Å²) in [6.45, 7) is 2.69. The van der Waals surface area contributed by atoms with Crippen LogP contribution in [0.15, 0.2) is 0 Å². The number of halogens is 1. The summed E-state index contributed by atoms with van der Waals surface area (Å²) in [7, 11) is 1.63. The van der Waals surface area contributed by atoms with Gasteiger partial charge in [-0.25, -0.2) is 4.39 Å². The molecule has 2 atom stereocenters. The summed E-state index contributed by atoms with van der Waals surface area (Å²) in [5.74, 6) is 0. The molecule has 0 aromatic rings. The summed E-state index contributed by atoms with van der Waals surface area (Å²) in [6, 6.07) is 0.208. The van der Waals surface area contributed by atoms with Crippen molar-refractivity contribution in [2.45, 2.75) is 25.1 Å². The van der Waals surface area contributed by atoms with E-state index in [0.29, 0.717) is 19.6 Å². The molecule has 1 aliphatic rings. The average Bonchev–Trinajstić information content (AvgIpc) is 2.12. The van der Waals surface area contributed by atoms with E-state index < -0.39 is 5.67 Å². The molecule has 0 aliphatic carbocycles. The molecule has 1 heterocycles. The number of alkyl halides is 1. The first kappa shape index (κ1) is 7.95. The number of hydrogen-bond donors (Lipinski definition) is 1. The van der Waals surface area contributed by atoms with E-state index >= 15 is 0 Å². The van der Waals surface area contributed by atoms with Gasteiger partial charge < -0.3 is 10.1 Å². The van der Waals surface area contributed by atoms with Crippen LogP contribution in [0.3, 0.4) is 0 Å². The molecular weight excluding hydrogens is 133 g/mol. The second-order valence-corrected chi connectivity index (χ2v) is 3.15. The van der Waals surface area contributed by atoms with E-state index in [0.717, 1.165) is 0 Å². The van der Waals surface area contributed by atoms with Gasteiger partial charge >= 0.3 is 0 Å². The maximum Gasteiger partial charge on any atom is 0.122 e. The molecule has 1 rings (SSSR count). The second kappa shape index (κ2) is 2.84. The van der Waals surface area contributed by atoms with Gasteiger partial charge in [0.15, 0.2) is 0 Å². The van der Waals surface area contributed by atoms with E-state index in [-0.39, 0.29) is 6.04 Å². The fraction of sp³-hybridized carbons (Fsp3) is 1.00. The molecule has 1 N–H and O–H groups in total. The fourth-order valence-electron chi connectivity index (χ4n) is 1.33. The highest BCUT2D eigenvalue weighted by Crippen LogP contribution is 2.22. The molecule has 0 amide bonds. The highest BCUT2D eigenvalue weighted by Gasteiger charge is 2.34. The molecule has 0 saturated carbocycles. The Morgan fingerprint density at radius 2 is 2.50 bits per heavy atom. The van der Waals surface area contributed by atoms with Crippen LogP contribution < -0.4 is 5.32 Å². The Morgan fingerprint density at radius 1 is 1.80 bits per heavy atom. The van der Waals surface area contributed by atoms with Gasteiger partial charge in [0.25, 0.3) is 0 Å². The van der Waals surface area contributed by atoms with Crippen LogP contribution >= 0.6 is 0 Å². The van der Waals surface area contributed by atoms with Crippen molar-refractivity contribution in [3.05, 3.63) is 0 Å². The predicted octanol–water partition coefficient (Wildman–Crippen LogP) is 0.723. The van der Waals surface area contributed by atoms with Crippen LogP contribution in [-0.4, -0.2) is 32.0 Å². The van der Waals surface area contributed by atoms with Gasteiger partial charge in [0.2, 0.25) is 0 Å². The summed E-state index contributed by atoms with van der Waals surface area (Å²) in [5.41, 5.74) is -1.02. The van der Waals surface area contributed by atoms with Gasteiger partial charge in [-0.05, 0) is 13.3 Å². The highest BCUT2D eigenvalue weighted by atomic mass is 19.1. The third-order valence-corrected chi connectivity index (χ3v) is 1.80. The van der Waals surface area contributed by atoms with Gasteiger partial charge in [-0.3, -0.25) is 0 Å². The molecule has 0 aromatic heterocycles. The zero-order valence-corrected chi connectivity index (χ0v) is 6.48. The van der Waals surface area contributed by atoms with Gasteiger partial charge in [-0.2, -0.15) is 0 Å². The van der Waals surface area contributed by atoms with Crippen LogP contribution in [0.1, 0.15) is 13.3 Å². The average molecular weight is 147 g/mol. The zero-order valence-electron chi connectivity index (χ0n) is 6.48. The monoisotopic (exact) mass is 147 g/mol. The third-order valence-electron chi connectivity index (χ3n) is 1.80. The van der Waals surface area contributed by atoms with Crippen molar-refractivity contribution in [1.29, 1.82) is 0 Å². The topological polar surface area (TPSA) is 21.3 Å². The van der Waals surface area contributed by atoms with Crippen molar-refractivity contribution in [1.82, 2.24) is 5.32 Å². The SMILES string of the molecule is COC[C@@H]1C[C@@](C)(F)CN1. The Bertz CT molecular complexity index is 116. The number of hydrogen-bond acceptors (Lipinski definition) is 2. The number of rotatable bonds is 2. The predicted molar refractivity (Wildman–Crippen MR) is 37.8 cm³/mol. The number of nitrogens with one attached hydrogen (secondary N) is 1. The fourth-order valence-corrected chi connectivity index (χ4v) is 1.33. The minimum absolute atomic E-state index is 0.208. The molecule has 3 heteroatoms. The van der Waals surface area contributed by atoms with Crippen molar-refractivity contribution in [2.75, 3.05) is 20.3 Å². The Kier molecular flexibility index (Phi) is 2.26. The molecule has 10 heavy (non-hydrogen) atoms. The molecule has 1 fully saturated rings. The summed E-state index contributed by atoms with van der Waals surface area (Å²) in [6.07, 6.45) is 0.570. The molecule has 60 valence electrons. The minimum Gasteiger partial charge on any atom is -0.383 e. The van der Waals surface area contributed by atoms with E-state index in [2.05, 4.69) is 5.32 Å². The van der Waals surface area contributed by atoms with Gasteiger partial charge in [0.1, 0.15) is 5.67 Å². The molecule has 0 radical (unpaired) electrons. The smallest absolute Gasteiger partial charge is 0.122 e. The maximum atomic E-state index is 13.1. The van der Waals surface area contributed by atoms with E-state index in [9.17, 15) is 4.39 Å². The quantitative estimate of drug-likeness (QED) is 0.621. The summed E-state index contributed by atoms with van der Waals surface area (Å²) < 4.78 is 18.0. The normalized spacial score (nSPS) is 40.5. The lowest BCUT2D eigenvalue weighted by molar-refractivity contribution is 0.159. The van der Waals surface area contributed by atoms with E-state index in [4.69, 9.17) is 4.74 Å². The standard InChI is InChI=1S/C7H14FNO/c1-7(8)3-6(4-10-2)9-5-7/h6,9H,3-5H2,1-2H3/t6-,7+/m0/s1. The molecule has 0 unspecified atom stereocenters. The molecule has 2 nitrogen and oxygen atoms in total. The van der Waals surface area contributed by atoms with Gasteiger partial charge in [-0.15, -0.1) is 0 Å². The van der Waals surface area contributed by atoms with Crippen molar-refractivity contribution in [2.24, 2.45) is 0 Å². The maximum absolute atomic E-state index is 13.1. The summed E-state index contributed by atoms with van der Waals surface area (Å²) >= 11 is 0. The largest absolute Gasteiger partial charge is 0.383 e. The van der Waals surface area contributed by atoms with Gasteiger partial charge in [0, 0.05) is 19.7 Å². The Morgan fingerprint density at radius 3 is 2.90 bits per heavy atom. The van der Waals surface area contributed by atoms with Crippen molar-refractivity contribution in [3.63, 3.8) is 0 Å². The van der Waals surface area contributed by atoms with Crippen LogP contribution in [0.5, 0.6) is 0 Å². The Hall–Kier alpha value is -0.150. The minimum atomic E-state index is -1.02. The first-order valence-corrected chi connectivity index (χ1v) is 3.55. The first-order chi connectivity index (χ1) is 4.64. The van der Waals surface area contributed by atoms with Gasteiger partial charge in [0.05, 0.1) is 6.61 Å². The second-order valence-electron chi connectivity index (χ2n) is 3.15. The molecular formula is C7H14FNO. The van der Waals surface area contributed by atoms with E-state index in [1.807, 2.05) is 0 Å². The Balaban J connectivity index is 2.29. The molecule has 0 spiro atoms. The van der Waals surface area contributed by atoms with Gasteiger partial charge in [-0.1, -0.05) is 0 Å². The number of methoxy groups -OCH3 is 1. The Labute approximate surface area is 60.8 Å². The molecule has 0 bridgehead atoms. The van der Waals surface area contributed by atoms with Crippen LogP contribution in [0.25, 0.3) is 0 Å². The molecule has 0 aromatic carbocycles. The van der Waals surface area contributed by atoms with Crippen LogP contribution in [0.4, 0.5) is 4.39 Å². The lowest BCUT2D eigenvalue weighted by Gasteiger charge is -2.10. The van der Waals surface area contributed by atoms with Crippen molar-refractivity contribution < 1.29 is 9.13 Å². The first-order valence-electron chi connectivity index (χ1n) is 3.55. The van der Waals surface area contributed by atoms with Crippen LogP contribution in [-0.2, 0) is 4.74 Å². The molecule has 1 aliphatic heterocycles. The zero-order chi connectivity index (χ0) is 7.61. The van der Waals surface area contributed by atoms with Crippen LogP contribution in [0, 0.1) is 0 Å². The van der Waals surface area contributed by atoms with Crippen molar-refractivity contribution >= 4 is 0 Å². The molecule has 1 saturated heterocycles. The van der Waals surface area contributed by atoms with E-state index in [1.54, 1.807) is 14.0 Å². The lowest BCUT2D eigenvalue weighted by atomic mass is 10.1. The highest BCUT2D eigenvalue weighted by molar-refractivity contribution is 4.90. The summed E-state index contributed by atoms with van der Waals surface area (Å²) in [5, 5.41) is 3.05. The third kappa shape index (κ3) is 1.92. The summed E-state index contributed by atoms with van der Waals surface area (Å²) in [4.78, 5) is 0. The van der Waals surface area contributed by atoms with Crippen LogP contribution in [0.2, 0.25) is 0 Å². The van der Waals surface area contributed by atoms with E-state index in [1.165, 1.54) is 0 Å². The van der Waals surface area contributed by atoms with Crippen molar-refractivity contribution in [3.8, 4) is 0 Å². The number of ether oxygens (including phenoxy) is 1.